The molecule has 0 bridgehead atoms. The molecule has 2 nitrogen and oxygen atoms in total. The molecule has 0 aliphatic heterocycles. The van der Waals surface area contributed by atoms with Crippen LogP contribution in [0.3, 0.4) is 0 Å². The fourth-order valence-electron chi connectivity index (χ4n) is 0.619. The zero-order valence-electron chi connectivity index (χ0n) is 8.29. The van der Waals surface area contributed by atoms with E-state index in [0.717, 1.165) is 19.6 Å². The van der Waals surface area contributed by atoms with Crippen LogP contribution in [0.4, 0.5) is 0 Å². The zero-order chi connectivity index (χ0) is 9.23. The number of nitrogens with zero attached hydrogens (tertiary/aromatic N) is 1. The molecule has 0 unspecified atom stereocenters. The van der Waals surface area contributed by atoms with Gasteiger partial charge >= 0.3 is 0 Å². The van der Waals surface area contributed by atoms with E-state index in [1.807, 2.05) is 26.2 Å². The molecule has 0 N–H and O–H groups in total. The van der Waals surface area contributed by atoms with E-state index in [-0.39, 0.29) is 0 Å². The molecule has 0 aromatic carbocycles. The Morgan fingerprint density at radius 1 is 1.25 bits per heavy atom. The fraction of sp³-hybridized carbons (Fsp3) is 0.600. The second-order valence-electron chi connectivity index (χ2n) is 2.84. The summed E-state index contributed by atoms with van der Waals surface area (Å²) in [4.78, 5) is 2.09. The Morgan fingerprint density at radius 2 is 2.00 bits per heavy atom. The monoisotopic (exact) mass is 169 g/mol. The summed E-state index contributed by atoms with van der Waals surface area (Å²) in [6.45, 7) is 3.82. The Hall–Kier alpha value is -0.760. The van der Waals surface area contributed by atoms with Crippen molar-refractivity contribution >= 4 is 0 Å². The second kappa shape index (κ2) is 8.34. The lowest BCUT2D eigenvalue weighted by atomic mass is 10.4. The van der Waals surface area contributed by atoms with E-state index in [1.54, 1.807) is 6.26 Å². The van der Waals surface area contributed by atoms with Crippen molar-refractivity contribution in [2.75, 3.05) is 27.2 Å². The molecular weight excluding hydrogens is 150 g/mol. The van der Waals surface area contributed by atoms with E-state index >= 15 is 0 Å². The molecule has 0 fully saturated rings. The summed E-state index contributed by atoms with van der Waals surface area (Å²) in [6, 6.07) is 0. The topological polar surface area (TPSA) is 12.5 Å². The van der Waals surface area contributed by atoms with Crippen LogP contribution in [0.5, 0.6) is 0 Å². The number of ether oxygens (including phenoxy) is 1. The van der Waals surface area contributed by atoms with Crippen LogP contribution in [0.25, 0.3) is 0 Å². The maximum atomic E-state index is 5.22. The molecule has 0 aliphatic rings. The lowest BCUT2D eigenvalue weighted by Gasteiger charge is -2.07. The number of hydrogen-bond acceptors (Lipinski definition) is 2. The third kappa shape index (κ3) is 9.24. The Labute approximate surface area is 75.5 Å². The number of likely N-dealkylation sites (N-methyl/N-ethyl adjacent to an activating group) is 1. The van der Waals surface area contributed by atoms with Gasteiger partial charge in [0.15, 0.2) is 0 Å². The molecule has 0 atom stereocenters. The smallest absolute Gasteiger partial charge is 0.0999 e. The first kappa shape index (κ1) is 11.2. The first-order chi connectivity index (χ1) is 5.77. The molecule has 0 radical (unpaired) electrons. The average Bonchev–Trinajstić information content (AvgIpc) is 2.02. The van der Waals surface area contributed by atoms with Crippen molar-refractivity contribution in [2.45, 2.75) is 13.3 Å². The molecule has 0 spiro atoms. The van der Waals surface area contributed by atoms with Crippen molar-refractivity contribution in [1.29, 1.82) is 0 Å². The standard InChI is InChI=1S/C10H19NO/c1-4-5-6-7-9-12-10-8-11(2)3/h5-7,9H,4,8,10H2,1-3H3/b6-5+,9-7+. The van der Waals surface area contributed by atoms with Gasteiger partial charge in [-0.25, -0.2) is 0 Å². The number of hydrogen-bond donors (Lipinski definition) is 0. The van der Waals surface area contributed by atoms with Crippen LogP contribution >= 0.6 is 0 Å². The third-order valence-electron chi connectivity index (χ3n) is 1.31. The first-order valence-electron chi connectivity index (χ1n) is 4.35. The summed E-state index contributed by atoms with van der Waals surface area (Å²) in [5.41, 5.74) is 0. The maximum absolute atomic E-state index is 5.22. The van der Waals surface area contributed by atoms with Crippen molar-refractivity contribution < 1.29 is 4.74 Å². The van der Waals surface area contributed by atoms with Gasteiger partial charge < -0.3 is 9.64 Å². The molecule has 0 saturated heterocycles. The first-order valence-corrected chi connectivity index (χ1v) is 4.35. The van der Waals surface area contributed by atoms with Gasteiger partial charge in [-0.05, 0) is 26.6 Å². The summed E-state index contributed by atoms with van der Waals surface area (Å²) >= 11 is 0. The van der Waals surface area contributed by atoms with Gasteiger partial charge in [0.25, 0.3) is 0 Å². The summed E-state index contributed by atoms with van der Waals surface area (Å²) in [7, 11) is 4.06. The highest BCUT2D eigenvalue weighted by molar-refractivity contribution is 4.98. The van der Waals surface area contributed by atoms with E-state index in [0.29, 0.717) is 0 Å². The molecule has 12 heavy (non-hydrogen) atoms. The van der Waals surface area contributed by atoms with Gasteiger partial charge in [-0.2, -0.15) is 0 Å². The van der Waals surface area contributed by atoms with Gasteiger partial charge in [0.05, 0.1) is 12.9 Å². The van der Waals surface area contributed by atoms with E-state index in [9.17, 15) is 0 Å². The highest BCUT2D eigenvalue weighted by Crippen LogP contribution is 1.84. The van der Waals surface area contributed by atoms with Crippen molar-refractivity contribution in [3.05, 3.63) is 24.5 Å². The highest BCUT2D eigenvalue weighted by atomic mass is 16.5. The van der Waals surface area contributed by atoms with Crippen LogP contribution in [0.1, 0.15) is 13.3 Å². The van der Waals surface area contributed by atoms with Crippen LogP contribution in [0.2, 0.25) is 0 Å². The molecular formula is C10H19NO. The van der Waals surface area contributed by atoms with Crippen molar-refractivity contribution in [1.82, 2.24) is 4.90 Å². The molecule has 0 aliphatic carbocycles. The fourth-order valence-corrected chi connectivity index (χ4v) is 0.619. The summed E-state index contributed by atoms with van der Waals surface area (Å²) in [6.07, 6.45) is 8.80. The number of rotatable bonds is 6. The minimum atomic E-state index is 0.753. The number of allylic oxidation sites excluding steroid dienone is 3. The van der Waals surface area contributed by atoms with E-state index < -0.39 is 0 Å². The van der Waals surface area contributed by atoms with E-state index in [4.69, 9.17) is 4.74 Å². The van der Waals surface area contributed by atoms with E-state index in [2.05, 4.69) is 17.9 Å². The molecule has 0 aromatic heterocycles. The average molecular weight is 169 g/mol. The minimum Gasteiger partial charge on any atom is -0.500 e. The normalized spacial score (nSPS) is 12.0. The molecule has 0 rings (SSSR count). The van der Waals surface area contributed by atoms with Crippen LogP contribution < -0.4 is 0 Å². The Morgan fingerprint density at radius 3 is 2.58 bits per heavy atom. The Bertz CT molecular complexity index is 139. The summed E-state index contributed by atoms with van der Waals surface area (Å²) in [5.74, 6) is 0. The quantitative estimate of drug-likeness (QED) is 0.343. The molecule has 0 amide bonds. The van der Waals surface area contributed by atoms with Gasteiger partial charge in [0.1, 0.15) is 0 Å². The lowest BCUT2D eigenvalue weighted by molar-refractivity contribution is 0.212. The molecule has 70 valence electrons. The van der Waals surface area contributed by atoms with Crippen molar-refractivity contribution in [2.24, 2.45) is 0 Å². The Balaban J connectivity index is 3.19. The Kier molecular flexibility index (Phi) is 7.81. The van der Waals surface area contributed by atoms with Crippen LogP contribution in [-0.4, -0.2) is 32.1 Å². The predicted molar refractivity (Wildman–Crippen MR) is 53.1 cm³/mol. The maximum Gasteiger partial charge on any atom is 0.0999 e. The molecule has 0 saturated carbocycles. The summed E-state index contributed by atoms with van der Waals surface area (Å²) in [5, 5.41) is 0. The van der Waals surface area contributed by atoms with Gasteiger partial charge in [0.2, 0.25) is 0 Å². The lowest BCUT2D eigenvalue weighted by Crippen LogP contribution is -2.16. The van der Waals surface area contributed by atoms with Gasteiger partial charge in [0, 0.05) is 6.54 Å². The molecule has 0 aromatic rings. The third-order valence-corrected chi connectivity index (χ3v) is 1.31. The van der Waals surface area contributed by atoms with Crippen LogP contribution in [0.15, 0.2) is 24.5 Å². The van der Waals surface area contributed by atoms with Gasteiger partial charge in [-0.1, -0.05) is 19.1 Å². The van der Waals surface area contributed by atoms with Crippen molar-refractivity contribution in [3.63, 3.8) is 0 Å². The van der Waals surface area contributed by atoms with Crippen LogP contribution in [-0.2, 0) is 4.74 Å². The SMILES string of the molecule is CC/C=C/C=C/OCCN(C)C. The minimum absolute atomic E-state index is 0.753. The van der Waals surface area contributed by atoms with Gasteiger partial charge in [-0.3, -0.25) is 0 Å². The zero-order valence-corrected chi connectivity index (χ0v) is 8.29. The largest absolute Gasteiger partial charge is 0.500 e. The van der Waals surface area contributed by atoms with E-state index in [1.165, 1.54) is 0 Å². The highest BCUT2D eigenvalue weighted by Gasteiger charge is 1.85. The molecule has 2 heteroatoms. The predicted octanol–water partition coefficient (Wildman–Crippen LogP) is 2.04. The van der Waals surface area contributed by atoms with Gasteiger partial charge in [-0.15, -0.1) is 0 Å². The second-order valence-corrected chi connectivity index (χ2v) is 2.84. The van der Waals surface area contributed by atoms with Crippen LogP contribution in [0, 0.1) is 0 Å². The molecule has 0 heterocycles. The van der Waals surface area contributed by atoms with Crippen molar-refractivity contribution in [3.8, 4) is 0 Å². The summed E-state index contributed by atoms with van der Waals surface area (Å²) < 4.78 is 5.22.